The molecule has 1 aliphatic heterocycles. The minimum absolute atomic E-state index is 0.186. The molecule has 0 saturated carbocycles. The summed E-state index contributed by atoms with van der Waals surface area (Å²) in [6.45, 7) is 5.84. The first-order valence-corrected chi connectivity index (χ1v) is 10.5. The normalized spacial score (nSPS) is 13.6. The van der Waals surface area contributed by atoms with E-state index in [0.717, 1.165) is 12.0 Å². The number of pyridine rings is 1. The van der Waals surface area contributed by atoms with Gasteiger partial charge in [-0.05, 0) is 24.8 Å². The number of hydrogen-bond acceptors (Lipinski definition) is 7. The average molecular weight is 439 g/mol. The van der Waals surface area contributed by atoms with Crippen molar-refractivity contribution >= 4 is 28.5 Å². The van der Waals surface area contributed by atoms with Crippen molar-refractivity contribution < 1.29 is 19.4 Å². The Bertz CT molecular complexity index is 1090. The number of carbonyl (C=O) groups excluding carboxylic acids is 1. The summed E-state index contributed by atoms with van der Waals surface area (Å²) < 4.78 is 11.8. The molecule has 3 rings (SSSR count). The van der Waals surface area contributed by atoms with Crippen molar-refractivity contribution in [3.8, 4) is 17.2 Å². The van der Waals surface area contributed by atoms with Crippen LogP contribution in [0.25, 0.3) is 5.57 Å². The van der Waals surface area contributed by atoms with Crippen LogP contribution in [-0.4, -0.2) is 30.2 Å². The number of nitrogen functional groups attached to an aromatic ring is 1. The second-order valence-corrected chi connectivity index (χ2v) is 7.50. The van der Waals surface area contributed by atoms with Gasteiger partial charge in [0, 0.05) is 30.6 Å². The van der Waals surface area contributed by atoms with Gasteiger partial charge < -0.3 is 30.9 Å². The summed E-state index contributed by atoms with van der Waals surface area (Å²) in [5, 5.41) is 15.9. The molecule has 2 aromatic rings. The number of hydrogen-bond donors (Lipinski definition) is 4. The summed E-state index contributed by atoms with van der Waals surface area (Å²) in [5.74, 6) is 1.07. The number of aromatic nitrogens is 1. The van der Waals surface area contributed by atoms with Crippen LogP contribution in [0.5, 0.6) is 17.2 Å². The van der Waals surface area contributed by atoms with E-state index in [-0.39, 0.29) is 18.4 Å². The fourth-order valence-electron chi connectivity index (χ4n) is 3.60. The predicted octanol–water partition coefficient (Wildman–Crippen LogP) is 4.38. The van der Waals surface area contributed by atoms with Crippen LogP contribution in [0.4, 0.5) is 17.1 Å². The molecule has 0 bridgehead atoms. The van der Waals surface area contributed by atoms with E-state index in [1.165, 1.54) is 13.3 Å². The van der Waals surface area contributed by atoms with Crippen molar-refractivity contribution in [3.63, 3.8) is 0 Å². The third-order valence-electron chi connectivity index (χ3n) is 5.61. The Kier molecular flexibility index (Phi) is 7.05. The molecule has 2 heterocycles. The minimum Gasteiger partial charge on any atom is -0.494 e. The molecule has 8 nitrogen and oxygen atoms in total. The van der Waals surface area contributed by atoms with Crippen molar-refractivity contribution in [2.45, 2.75) is 33.8 Å². The molecule has 0 spiro atoms. The van der Waals surface area contributed by atoms with Gasteiger partial charge in [0.15, 0.2) is 11.5 Å². The van der Waals surface area contributed by atoms with Crippen LogP contribution in [0.2, 0.25) is 0 Å². The average Bonchev–Trinajstić information content (AvgIpc) is 2.81. The smallest absolute Gasteiger partial charge is 0.254 e. The maximum absolute atomic E-state index is 12.6. The van der Waals surface area contributed by atoms with Gasteiger partial charge in [0.05, 0.1) is 25.0 Å². The molecule has 1 atom stereocenters. The Morgan fingerprint density at radius 2 is 2.16 bits per heavy atom. The van der Waals surface area contributed by atoms with E-state index < -0.39 is 0 Å². The van der Waals surface area contributed by atoms with Crippen LogP contribution in [-0.2, 0) is 6.61 Å². The Labute approximate surface area is 188 Å². The van der Waals surface area contributed by atoms with Crippen molar-refractivity contribution in [3.05, 3.63) is 47.3 Å². The number of anilines is 3. The molecule has 0 fully saturated rings. The fourth-order valence-corrected chi connectivity index (χ4v) is 3.60. The summed E-state index contributed by atoms with van der Waals surface area (Å²) in [6.07, 6.45) is 8.33. The van der Waals surface area contributed by atoms with E-state index in [4.69, 9.17) is 15.2 Å². The monoisotopic (exact) mass is 438 g/mol. The Balaban J connectivity index is 2.33. The van der Waals surface area contributed by atoms with E-state index in [1.54, 1.807) is 13.1 Å². The molecular formula is C24H30N4O4. The highest BCUT2D eigenvalue weighted by Crippen LogP contribution is 2.53. The summed E-state index contributed by atoms with van der Waals surface area (Å²) in [7, 11) is 3.07. The zero-order valence-electron chi connectivity index (χ0n) is 19.1. The quantitative estimate of drug-likeness (QED) is 0.319. The minimum atomic E-state index is -0.320. The van der Waals surface area contributed by atoms with Gasteiger partial charge in [-0.1, -0.05) is 32.1 Å². The van der Waals surface area contributed by atoms with E-state index in [1.807, 2.05) is 25.2 Å². The second-order valence-electron chi connectivity index (χ2n) is 7.50. The maximum atomic E-state index is 12.6. The molecule has 1 amide bonds. The van der Waals surface area contributed by atoms with Crippen molar-refractivity contribution in [2.75, 3.05) is 25.2 Å². The van der Waals surface area contributed by atoms with E-state index in [0.29, 0.717) is 51.1 Å². The van der Waals surface area contributed by atoms with Crippen molar-refractivity contribution in [1.82, 2.24) is 10.3 Å². The number of carbonyl (C=O) groups is 1. The molecule has 170 valence electrons. The maximum Gasteiger partial charge on any atom is 0.254 e. The zero-order chi connectivity index (χ0) is 23.4. The lowest BCUT2D eigenvalue weighted by Crippen LogP contribution is -2.22. The van der Waals surface area contributed by atoms with Gasteiger partial charge in [-0.3, -0.25) is 9.78 Å². The Morgan fingerprint density at radius 3 is 2.75 bits per heavy atom. The fraction of sp³-hybridized carbons (Fsp3) is 0.333. The molecule has 0 saturated heterocycles. The lowest BCUT2D eigenvalue weighted by Gasteiger charge is -2.29. The largest absolute Gasteiger partial charge is 0.494 e. The molecule has 1 aromatic heterocycles. The molecule has 1 aromatic carbocycles. The number of nitrogens with two attached hydrogens (primary N) is 1. The van der Waals surface area contributed by atoms with Crippen molar-refractivity contribution in [2.24, 2.45) is 5.92 Å². The van der Waals surface area contributed by atoms with Crippen LogP contribution in [0.3, 0.4) is 0 Å². The number of amides is 1. The number of rotatable bonds is 7. The number of methoxy groups -OCH3 is 1. The van der Waals surface area contributed by atoms with Crippen LogP contribution in [0.15, 0.2) is 30.5 Å². The summed E-state index contributed by atoms with van der Waals surface area (Å²) in [5.41, 5.74) is 9.79. The molecular weight excluding hydrogens is 408 g/mol. The molecule has 1 unspecified atom stereocenters. The molecule has 5 N–H and O–H groups in total. The van der Waals surface area contributed by atoms with Gasteiger partial charge >= 0.3 is 0 Å². The van der Waals surface area contributed by atoms with Gasteiger partial charge in [-0.15, -0.1) is 0 Å². The Morgan fingerprint density at radius 1 is 1.41 bits per heavy atom. The standard InChI is InChI=1S/C24H30N4O4/c1-6-8-9-14(13(3)7-2)19-23-20(15(11-27-19)24(30)26-4)28-21-18(31-5)10-17(25)16(12-29)22(21)32-23/h6,8-11,13,28-29H,7,12,25H2,1-5H3,(H,26,30)/b8-6-,14-9+. The number of benzene rings is 1. The van der Waals surface area contributed by atoms with Gasteiger partial charge in [0.25, 0.3) is 5.91 Å². The number of aliphatic hydroxyl groups excluding tert-OH is 1. The number of allylic oxidation sites excluding steroid dienone is 4. The van der Waals surface area contributed by atoms with Crippen LogP contribution in [0.1, 0.15) is 48.8 Å². The molecule has 8 heteroatoms. The molecule has 32 heavy (non-hydrogen) atoms. The number of nitrogens with one attached hydrogen (secondary N) is 2. The third-order valence-corrected chi connectivity index (χ3v) is 5.61. The molecule has 0 aliphatic carbocycles. The first kappa shape index (κ1) is 23.1. The van der Waals surface area contributed by atoms with E-state index in [9.17, 15) is 9.90 Å². The van der Waals surface area contributed by atoms with Crippen LogP contribution < -0.4 is 25.8 Å². The van der Waals surface area contributed by atoms with Gasteiger partial charge in [-0.2, -0.15) is 0 Å². The topological polar surface area (TPSA) is 119 Å². The highest BCUT2D eigenvalue weighted by atomic mass is 16.5. The summed E-state index contributed by atoms with van der Waals surface area (Å²) >= 11 is 0. The zero-order valence-corrected chi connectivity index (χ0v) is 19.1. The summed E-state index contributed by atoms with van der Waals surface area (Å²) in [4.78, 5) is 17.2. The molecule has 1 aliphatic rings. The summed E-state index contributed by atoms with van der Waals surface area (Å²) in [6, 6.07) is 1.62. The van der Waals surface area contributed by atoms with E-state index in [2.05, 4.69) is 29.5 Å². The highest BCUT2D eigenvalue weighted by molar-refractivity contribution is 6.04. The Hall–Kier alpha value is -3.52. The predicted molar refractivity (Wildman–Crippen MR) is 127 cm³/mol. The van der Waals surface area contributed by atoms with Crippen molar-refractivity contribution in [1.29, 1.82) is 0 Å². The first-order valence-electron chi connectivity index (χ1n) is 10.5. The third kappa shape index (κ3) is 4.01. The van der Waals surface area contributed by atoms with Gasteiger partial charge in [-0.25, -0.2) is 0 Å². The van der Waals surface area contributed by atoms with Crippen LogP contribution >= 0.6 is 0 Å². The van der Waals surface area contributed by atoms with E-state index >= 15 is 0 Å². The first-order chi connectivity index (χ1) is 15.4. The second kappa shape index (κ2) is 9.74. The number of aliphatic hydroxyl groups is 1. The van der Waals surface area contributed by atoms with Gasteiger partial charge in [0.2, 0.25) is 0 Å². The number of nitrogens with zero attached hydrogens (tertiary/aromatic N) is 1. The highest BCUT2D eigenvalue weighted by Gasteiger charge is 2.32. The van der Waals surface area contributed by atoms with Crippen LogP contribution in [0, 0.1) is 5.92 Å². The lowest BCUT2D eigenvalue weighted by molar-refractivity contribution is 0.0963. The van der Waals surface area contributed by atoms with Gasteiger partial charge in [0.1, 0.15) is 17.1 Å². The number of ether oxygens (including phenoxy) is 2. The number of fused-ring (bicyclic) bond motifs is 2. The molecule has 0 radical (unpaired) electrons. The lowest BCUT2D eigenvalue weighted by atomic mass is 9.92. The SMILES string of the molecule is C/C=C\C=C(\c1ncc(C(=O)NC)c2c1Oc1c(CO)c(N)cc(OC)c1N2)C(C)CC.